The van der Waals surface area contributed by atoms with Crippen LogP contribution in [-0.2, 0) is 6.54 Å². The van der Waals surface area contributed by atoms with Gasteiger partial charge in [-0.2, -0.15) is 0 Å². The zero-order chi connectivity index (χ0) is 14.2. The van der Waals surface area contributed by atoms with Crippen molar-refractivity contribution in [2.45, 2.75) is 64.6 Å². The predicted octanol–water partition coefficient (Wildman–Crippen LogP) is 3.19. The number of nitrogens with zero attached hydrogens (tertiary/aromatic N) is 2. The van der Waals surface area contributed by atoms with Crippen molar-refractivity contribution >= 4 is 11.3 Å². The molecule has 2 aliphatic rings. The fraction of sp³-hybridized carbons (Fsp3) is 0.812. The third-order valence-electron chi connectivity index (χ3n) is 5.03. The molecule has 4 heteroatoms. The van der Waals surface area contributed by atoms with Gasteiger partial charge >= 0.3 is 0 Å². The third kappa shape index (κ3) is 2.92. The van der Waals surface area contributed by atoms with Crippen LogP contribution in [-0.4, -0.2) is 34.6 Å². The lowest BCUT2D eigenvalue weighted by Gasteiger charge is -2.48. The van der Waals surface area contributed by atoms with Crippen molar-refractivity contribution in [3.05, 3.63) is 16.1 Å². The first-order valence-corrected chi connectivity index (χ1v) is 8.89. The van der Waals surface area contributed by atoms with Crippen LogP contribution < -0.4 is 5.32 Å². The highest BCUT2D eigenvalue weighted by atomic mass is 32.1. The molecule has 1 aromatic rings. The van der Waals surface area contributed by atoms with E-state index in [0.717, 1.165) is 19.0 Å². The van der Waals surface area contributed by atoms with Gasteiger partial charge in [0.15, 0.2) is 0 Å². The van der Waals surface area contributed by atoms with Crippen molar-refractivity contribution in [3.8, 4) is 0 Å². The largest absolute Gasteiger partial charge is 0.311 e. The number of thiazole rings is 1. The summed E-state index contributed by atoms with van der Waals surface area (Å²) in [5.74, 6) is 0.886. The summed E-state index contributed by atoms with van der Waals surface area (Å²) < 4.78 is 0. The zero-order valence-corrected chi connectivity index (χ0v) is 13.8. The molecular formula is C16H27N3S. The molecule has 1 aliphatic heterocycles. The van der Waals surface area contributed by atoms with E-state index >= 15 is 0 Å². The first-order chi connectivity index (χ1) is 9.61. The molecule has 1 aliphatic carbocycles. The Morgan fingerprint density at radius 1 is 1.50 bits per heavy atom. The topological polar surface area (TPSA) is 28.2 Å². The van der Waals surface area contributed by atoms with Gasteiger partial charge in [0.1, 0.15) is 0 Å². The molecule has 0 bridgehead atoms. The molecule has 0 radical (unpaired) electrons. The van der Waals surface area contributed by atoms with Gasteiger partial charge in [-0.3, -0.25) is 4.90 Å². The molecule has 1 aromatic heterocycles. The fourth-order valence-electron chi connectivity index (χ4n) is 3.57. The molecule has 3 nitrogen and oxygen atoms in total. The lowest BCUT2D eigenvalue weighted by Crippen LogP contribution is -2.63. The van der Waals surface area contributed by atoms with E-state index in [2.05, 4.69) is 41.4 Å². The van der Waals surface area contributed by atoms with Crippen molar-refractivity contribution < 1.29 is 0 Å². The van der Waals surface area contributed by atoms with E-state index in [9.17, 15) is 0 Å². The van der Waals surface area contributed by atoms with Crippen LogP contribution >= 0.6 is 11.3 Å². The zero-order valence-electron chi connectivity index (χ0n) is 13.0. The molecule has 2 unspecified atom stereocenters. The number of nitrogens with one attached hydrogen (secondary N) is 1. The highest BCUT2D eigenvalue weighted by Gasteiger charge is 2.48. The van der Waals surface area contributed by atoms with Crippen LogP contribution in [0.25, 0.3) is 0 Å². The quantitative estimate of drug-likeness (QED) is 0.903. The summed E-state index contributed by atoms with van der Waals surface area (Å²) in [4.78, 5) is 7.40. The summed E-state index contributed by atoms with van der Waals surface area (Å²) in [5.41, 5.74) is 1.60. The van der Waals surface area contributed by atoms with E-state index in [-0.39, 0.29) is 0 Å². The van der Waals surface area contributed by atoms with E-state index in [0.29, 0.717) is 11.6 Å². The van der Waals surface area contributed by atoms with Crippen molar-refractivity contribution in [3.63, 3.8) is 0 Å². The molecule has 1 saturated carbocycles. The SMILES string of the molecule is CCCC1CN(Cc2csc(C)n2)C(C)(C2CC2)CN1. The molecule has 1 saturated heterocycles. The fourth-order valence-corrected chi connectivity index (χ4v) is 4.18. The predicted molar refractivity (Wildman–Crippen MR) is 85.1 cm³/mol. The van der Waals surface area contributed by atoms with E-state index in [1.54, 1.807) is 11.3 Å². The smallest absolute Gasteiger partial charge is 0.0897 e. The third-order valence-corrected chi connectivity index (χ3v) is 5.85. The molecule has 0 aromatic carbocycles. The van der Waals surface area contributed by atoms with Gasteiger partial charge in [-0.15, -0.1) is 11.3 Å². The van der Waals surface area contributed by atoms with Crippen molar-refractivity contribution in [2.75, 3.05) is 13.1 Å². The van der Waals surface area contributed by atoms with E-state index in [1.807, 2.05) is 0 Å². The van der Waals surface area contributed by atoms with E-state index in [4.69, 9.17) is 0 Å². The van der Waals surface area contributed by atoms with Gasteiger partial charge in [-0.1, -0.05) is 13.3 Å². The number of piperazine rings is 1. The van der Waals surface area contributed by atoms with Crippen LogP contribution in [0.2, 0.25) is 0 Å². The molecule has 112 valence electrons. The number of aryl methyl sites for hydroxylation is 1. The van der Waals surface area contributed by atoms with Crippen molar-refractivity contribution in [2.24, 2.45) is 5.92 Å². The number of hydrogen-bond acceptors (Lipinski definition) is 4. The average Bonchev–Trinajstić information content (AvgIpc) is 3.19. The average molecular weight is 293 g/mol. The second-order valence-corrected chi connectivity index (χ2v) is 7.80. The molecule has 2 atom stereocenters. The lowest BCUT2D eigenvalue weighted by molar-refractivity contribution is 0.0251. The van der Waals surface area contributed by atoms with Gasteiger partial charge in [0.2, 0.25) is 0 Å². The molecule has 0 amide bonds. The first kappa shape index (κ1) is 14.5. The summed E-state index contributed by atoms with van der Waals surface area (Å²) in [6.07, 6.45) is 5.36. The maximum atomic E-state index is 4.68. The van der Waals surface area contributed by atoms with Crippen LogP contribution in [0.4, 0.5) is 0 Å². The summed E-state index contributed by atoms with van der Waals surface area (Å²) in [7, 11) is 0. The monoisotopic (exact) mass is 293 g/mol. The molecule has 2 fully saturated rings. The van der Waals surface area contributed by atoms with Gasteiger partial charge in [0, 0.05) is 36.6 Å². The Morgan fingerprint density at radius 2 is 2.30 bits per heavy atom. The molecule has 0 spiro atoms. The van der Waals surface area contributed by atoms with Crippen LogP contribution in [0.5, 0.6) is 0 Å². The molecular weight excluding hydrogens is 266 g/mol. The van der Waals surface area contributed by atoms with Crippen molar-refractivity contribution in [1.82, 2.24) is 15.2 Å². The van der Waals surface area contributed by atoms with Crippen LogP contribution in [0.15, 0.2) is 5.38 Å². The van der Waals surface area contributed by atoms with Gasteiger partial charge in [0.25, 0.3) is 0 Å². The first-order valence-electron chi connectivity index (χ1n) is 8.01. The second-order valence-electron chi connectivity index (χ2n) is 6.74. The van der Waals surface area contributed by atoms with Gasteiger partial charge in [-0.25, -0.2) is 4.98 Å². The minimum atomic E-state index is 0.335. The van der Waals surface area contributed by atoms with Crippen molar-refractivity contribution in [1.29, 1.82) is 0 Å². The van der Waals surface area contributed by atoms with Gasteiger partial charge < -0.3 is 5.32 Å². The molecule has 2 heterocycles. The van der Waals surface area contributed by atoms with Gasteiger partial charge in [0.05, 0.1) is 10.7 Å². The Morgan fingerprint density at radius 3 is 2.90 bits per heavy atom. The Balaban J connectivity index is 1.74. The number of hydrogen-bond donors (Lipinski definition) is 1. The molecule has 20 heavy (non-hydrogen) atoms. The molecule has 3 rings (SSSR count). The Kier molecular flexibility index (Phi) is 4.16. The Bertz CT molecular complexity index is 454. The molecule has 1 N–H and O–H groups in total. The minimum Gasteiger partial charge on any atom is -0.311 e. The van der Waals surface area contributed by atoms with Crippen LogP contribution in [0.1, 0.15) is 50.2 Å². The lowest BCUT2D eigenvalue weighted by atomic mass is 9.88. The Labute approximate surface area is 126 Å². The van der Waals surface area contributed by atoms with E-state index < -0.39 is 0 Å². The van der Waals surface area contributed by atoms with Gasteiger partial charge in [-0.05, 0) is 39.0 Å². The highest BCUT2D eigenvalue weighted by Crippen LogP contribution is 2.44. The summed E-state index contributed by atoms with van der Waals surface area (Å²) in [5, 5.41) is 7.22. The highest BCUT2D eigenvalue weighted by molar-refractivity contribution is 7.09. The minimum absolute atomic E-state index is 0.335. The maximum absolute atomic E-state index is 4.68. The normalized spacial score (nSPS) is 31.6. The van der Waals surface area contributed by atoms with E-state index in [1.165, 1.54) is 42.9 Å². The number of rotatable bonds is 5. The second kappa shape index (κ2) is 5.74. The maximum Gasteiger partial charge on any atom is 0.0897 e. The van der Waals surface area contributed by atoms with Crippen LogP contribution in [0, 0.1) is 12.8 Å². The summed E-state index contributed by atoms with van der Waals surface area (Å²) in [6, 6.07) is 0.659. The number of aromatic nitrogens is 1. The van der Waals surface area contributed by atoms with Crippen LogP contribution in [0.3, 0.4) is 0 Å². The summed E-state index contributed by atoms with van der Waals surface area (Å²) in [6.45, 7) is 10.2. The summed E-state index contributed by atoms with van der Waals surface area (Å²) >= 11 is 1.77. The standard InChI is InChI=1S/C16H27N3S/c1-4-5-14-8-19(9-15-10-20-12(2)18-15)16(3,11-17-14)13-6-7-13/h10,13-14,17H,4-9,11H2,1-3H3. The Hall–Kier alpha value is -0.450.